The molecule has 0 aliphatic heterocycles. The molecule has 3 rings (SSSR count). The van der Waals surface area contributed by atoms with Gasteiger partial charge in [-0.3, -0.25) is 0 Å². The van der Waals surface area contributed by atoms with Crippen LogP contribution in [0.3, 0.4) is 0 Å². The molecule has 1 saturated carbocycles. The Kier molecular flexibility index (Phi) is 2.56. The van der Waals surface area contributed by atoms with E-state index in [9.17, 15) is 5.11 Å². The lowest BCUT2D eigenvalue weighted by atomic mass is 9.48. The lowest BCUT2D eigenvalue weighted by Gasteiger charge is -2.57. The van der Waals surface area contributed by atoms with Crippen LogP contribution in [0.5, 0.6) is 0 Å². The van der Waals surface area contributed by atoms with Crippen molar-refractivity contribution in [3.05, 3.63) is 60.7 Å². The molecule has 2 aliphatic rings. The first-order chi connectivity index (χ1) is 8.98. The molecule has 0 radical (unpaired) electrons. The van der Waals surface area contributed by atoms with E-state index in [2.05, 4.69) is 56.8 Å². The maximum Gasteiger partial charge on any atom is 0.0961 e. The van der Waals surface area contributed by atoms with Gasteiger partial charge in [-0.2, -0.15) is 0 Å². The van der Waals surface area contributed by atoms with Gasteiger partial charge in [0.2, 0.25) is 0 Å². The summed E-state index contributed by atoms with van der Waals surface area (Å²) in [4.78, 5) is 0. The van der Waals surface area contributed by atoms with Gasteiger partial charge in [-0.05, 0) is 29.7 Å². The first kappa shape index (κ1) is 12.7. The molecule has 2 aliphatic carbocycles. The number of hydrogen-bond acceptors (Lipinski definition) is 1. The first-order valence-electron chi connectivity index (χ1n) is 7.09. The molecule has 1 N–H and O–H groups in total. The number of benzene rings is 1. The lowest BCUT2D eigenvalue weighted by molar-refractivity contribution is -0.0769. The van der Waals surface area contributed by atoms with Crippen LogP contribution in [0.25, 0.3) is 0 Å². The second kappa shape index (κ2) is 3.83. The Balaban J connectivity index is 2.28. The molecule has 0 saturated heterocycles. The van der Waals surface area contributed by atoms with Crippen LogP contribution in [-0.2, 0) is 5.41 Å². The van der Waals surface area contributed by atoms with Gasteiger partial charge in [-0.25, -0.2) is 0 Å². The molecule has 0 aromatic heterocycles. The average Bonchev–Trinajstić information content (AvgIpc) is 2.58. The summed E-state index contributed by atoms with van der Waals surface area (Å²) in [6.07, 6.45) is 8.11. The van der Waals surface area contributed by atoms with Gasteiger partial charge >= 0.3 is 0 Å². The molecular formula is C18H22O. The molecule has 0 spiro atoms. The zero-order chi connectivity index (χ0) is 13.7. The summed E-state index contributed by atoms with van der Waals surface area (Å²) in [6.45, 7) is 8.48. The largest absolute Gasteiger partial charge is 0.385 e. The second-order valence-corrected chi connectivity index (χ2v) is 6.53. The highest BCUT2D eigenvalue weighted by Gasteiger charge is 2.64. The molecule has 1 aromatic rings. The molecule has 3 atom stereocenters. The summed E-state index contributed by atoms with van der Waals surface area (Å²) in [5.74, 6) is 0.535. The van der Waals surface area contributed by atoms with Gasteiger partial charge in [0.05, 0.1) is 11.0 Å². The van der Waals surface area contributed by atoms with Crippen LogP contribution in [0.2, 0.25) is 0 Å². The maximum atomic E-state index is 11.2. The topological polar surface area (TPSA) is 20.2 Å². The van der Waals surface area contributed by atoms with Gasteiger partial charge in [0, 0.05) is 0 Å². The van der Waals surface area contributed by atoms with E-state index in [0.717, 1.165) is 12.8 Å². The Morgan fingerprint density at radius 1 is 1.26 bits per heavy atom. The number of rotatable bonds is 2. The molecule has 1 heteroatoms. The van der Waals surface area contributed by atoms with Gasteiger partial charge in [0.15, 0.2) is 0 Å². The van der Waals surface area contributed by atoms with E-state index in [0.29, 0.717) is 5.92 Å². The van der Waals surface area contributed by atoms with Crippen molar-refractivity contribution < 1.29 is 5.11 Å². The van der Waals surface area contributed by atoms with Crippen LogP contribution >= 0.6 is 0 Å². The summed E-state index contributed by atoms with van der Waals surface area (Å²) >= 11 is 0. The molecule has 2 bridgehead atoms. The summed E-state index contributed by atoms with van der Waals surface area (Å²) in [6, 6.07) is 10.4. The predicted octanol–water partition coefficient (Wildman–Crippen LogP) is 3.85. The van der Waals surface area contributed by atoms with Crippen molar-refractivity contribution in [2.75, 3.05) is 0 Å². The van der Waals surface area contributed by atoms with Crippen molar-refractivity contribution in [1.82, 2.24) is 0 Å². The fourth-order valence-electron chi connectivity index (χ4n) is 4.42. The molecule has 100 valence electrons. The minimum Gasteiger partial charge on any atom is -0.385 e. The minimum absolute atomic E-state index is 0.00947. The molecule has 19 heavy (non-hydrogen) atoms. The quantitative estimate of drug-likeness (QED) is 0.795. The van der Waals surface area contributed by atoms with E-state index in [-0.39, 0.29) is 10.8 Å². The third-order valence-electron chi connectivity index (χ3n) is 5.61. The standard InChI is InChI=1S/C18H22O/c1-4-17(19)12-10-14-11-13-18(17,16(14,2)3)15-8-6-5-7-9-15/h4-9,11,13-14,19H,1,10,12H2,2-3H3/t14-,17+,18-/m0/s1. The second-order valence-electron chi connectivity index (χ2n) is 6.53. The third kappa shape index (κ3) is 1.34. The van der Waals surface area contributed by atoms with Crippen molar-refractivity contribution in [2.24, 2.45) is 11.3 Å². The Bertz CT molecular complexity index is 528. The van der Waals surface area contributed by atoms with Crippen LogP contribution < -0.4 is 0 Å². The SMILES string of the molecule is C=C[C@@]1(O)CC[C@H]2C=C[C@]1(c1ccccc1)C2(C)C. The fraction of sp³-hybridized carbons (Fsp3) is 0.444. The van der Waals surface area contributed by atoms with E-state index in [1.807, 2.05) is 6.07 Å². The number of hydrogen-bond donors (Lipinski definition) is 1. The third-order valence-corrected chi connectivity index (χ3v) is 5.61. The number of allylic oxidation sites excluding steroid dienone is 1. The van der Waals surface area contributed by atoms with Crippen LogP contribution in [-0.4, -0.2) is 10.7 Å². The maximum absolute atomic E-state index is 11.2. The van der Waals surface area contributed by atoms with E-state index >= 15 is 0 Å². The predicted molar refractivity (Wildman–Crippen MR) is 78.9 cm³/mol. The fourth-order valence-corrected chi connectivity index (χ4v) is 4.42. The van der Waals surface area contributed by atoms with Gasteiger partial charge in [0.25, 0.3) is 0 Å². The summed E-state index contributed by atoms with van der Waals surface area (Å²) in [5, 5.41) is 11.2. The summed E-state index contributed by atoms with van der Waals surface area (Å²) < 4.78 is 0. The van der Waals surface area contributed by atoms with Crippen molar-refractivity contribution in [3.63, 3.8) is 0 Å². The Morgan fingerprint density at radius 3 is 2.58 bits per heavy atom. The smallest absolute Gasteiger partial charge is 0.0961 e. The molecule has 0 heterocycles. The molecule has 1 fully saturated rings. The summed E-state index contributed by atoms with van der Waals surface area (Å²) in [5.41, 5.74) is -0.0103. The van der Waals surface area contributed by atoms with Crippen molar-refractivity contribution in [3.8, 4) is 0 Å². The van der Waals surface area contributed by atoms with Gasteiger partial charge < -0.3 is 5.11 Å². The van der Waals surface area contributed by atoms with E-state index < -0.39 is 5.60 Å². The molecule has 0 unspecified atom stereocenters. The molecule has 1 aromatic carbocycles. The highest BCUT2D eigenvalue weighted by Crippen LogP contribution is 2.64. The zero-order valence-electron chi connectivity index (χ0n) is 11.8. The van der Waals surface area contributed by atoms with Crippen molar-refractivity contribution >= 4 is 0 Å². The average molecular weight is 254 g/mol. The first-order valence-corrected chi connectivity index (χ1v) is 7.09. The Morgan fingerprint density at radius 2 is 1.95 bits per heavy atom. The van der Waals surface area contributed by atoms with Crippen molar-refractivity contribution in [2.45, 2.75) is 37.7 Å². The van der Waals surface area contributed by atoms with Crippen molar-refractivity contribution in [1.29, 1.82) is 0 Å². The Hall–Kier alpha value is -1.34. The zero-order valence-corrected chi connectivity index (χ0v) is 11.8. The summed E-state index contributed by atoms with van der Waals surface area (Å²) in [7, 11) is 0. The van der Waals surface area contributed by atoms with E-state index in [4.69, 9.17) is 0 Å². The molecular weight excluding hydrogens is 232 g/mol. The van der Waals surface area contributed by atoms with Crippen LogP contribution in [0.1, 0.15) is 32.3 Å². The van der Waals surface area contributed by atoms with Gasteiger partial charge in [-0.1, -0.05) is 62.4 Å². The van der Waals surface area contributed by atoms with Crippen LogP contribution in [0.15, 0.2) is 55.1 Å². The normalized spacial score (nSPS) is 39.2. The Labute approximate surface area is 115 Å². The molecule has 1 nitrogen and oxygen atoms in total. The van der Waals surface area contributed by atoms with Crippen LogP contribution in [0, 0.1) is 11.3 Å². The minimum atomic E-state index is -0.860. The number of fused-ring (bicyclic) bond motifs is 2. The van der Waals surface area contributed by atoms with Crippen LogP contribution in [0.4, 0.5) is 0 Å². The van der Waals surface area contributed by atoms with Gasteiger partial charge in [0.1, 0.15) is 0 Å². The lowest BCUT2D eigenvalue weighted by Crippen LogP contribution is -2.60. The highest BCUT2D eigenvalue weighted by atomic mass is 16.3. The van der Waals surface area contributed by atoms with E-state index in [1.54, 1.807) is 6.08 Å². The number of aliphatic hydroxyl groups is 1. The highest BCUT2D eigenvalue weighted by molar-refractivity contribution is 5.47. The van der Waals surface area contributed by atoms with Gasteiger partial charge in [-0.15, -0.1) is 6.58 Å². The monoisotopic (exact) mass is 254 g/mol. The van der Waals surface area contributed by atoms with E-state index in [1.165, 1.54) is 5.56 Å². The molecule has 0 amide bonds.